The van der Waals surface area contributed by atoms with Gasteiger partial charge in [-0.1, -0.05) is 30.3 Å². The summed E-state index contributed by atoms with van der Waals surface area (Å²) in [7, 11) is 2.03. The molecule has 26 heavy (non-hydrogen) atoms. The van der Waals surface area contributed by atoms with E-state index in [1.54, 1.807) is 6.92 Å². The third-order valence-electron chi connectivity index (χ3n) is 4.83. The lowest BCUT2D eigenvalue weighted by molar-refractivity contribution is -0.131. The zero-order valence-electron chi connectivity index (χ0n) is 15.7. The van der Waals surface area contributed by atoms with Crippen molar-refractivity contribution in [3.05, 3.63) is 41.6 Å². The molecule has 3 rings (SSSR count). The van der Waals surface area contributed by atoms with Crippen LogP contribution in [-0.4, -0.2) is 45.8 Å². The molecule has 0 saturated carbocycles. The Hall–Kier alpha value is -2.14. The molecule has 0 spiro atoms. The molecule has 1 aliphatic rings. The van der Waals surface area contributed by atoms with Crippen molar-refractivity contribution in [1.29, 1.82) is 0 Å². The van der Waals surface area contributed by atoms with Crippen LogP contribution >= 0.6 is 11.6 Å². The van der Waals surface area contributed by atoms with Gasteiger partial charge in [-0.2, -0.15) is 0 Å². The fourth-order valence-electron chi connectivity index (χ4n) is 3.09. The number of hydrogen-bond acceptors (Lipinski definition) is 4. The number of aromatic nitrogens is 2. The van der Waals surface area contributed by atoms with Crippen molar-refractivity contribution in [2.75, 3.05) is 18.5 Å². The molecule has 1 atom stereocenters. The number of halogens is 1. The lowest BCUT2D eigenvalue weighted by atomic mass is 10.0. The summed E-state index contributed by atoms with van der Waals surface area (Å²) in [5, 5.41) is -0.521. The Bertz CT molecular complexity index is 792. The van der Waals surface area contributed by atoms with E-state index in [9.17, 15) is 4.79 Å². The van der Waals surface area contributed by atoms with Gasteiger partial charge in [0.25, 0.3) is 0 Å². The van der Waals surface area contributed by atoms with Crippen molar-refractivity contribution in [3.8, 4) is 11.4 Å². The van der Waals surface area contributed by atoms with Crippen LogP contribution in [0, 0.1) is 0 Å². The van der Waals surface area contributed by atoms with Crippen molar-refractivity contribution in [1.82, 2.24) is 14.9 Å². The maximum atomic E-state index is 12.4. The van der Waals surface area contributed by atoms with Crippen molar-refractivity contribution in [3.63, 3.8) is 0 Å². The van der Waals surface area contributed by atoms with Crippen LogP contribution in [0.5, 0.6) is 0 Å². The van der Waals surface area contributed by atoms with Crippen LogP contribution < -0.4 is 4.90 Å². The Morgan fingerprint density at radius 2 is 1.88 bits per heavy atom. The van der Waals surface area contributed by atoms with E-state index in [-0.39, 0.29) is 11.9 Å². The van der Waals surface area contributed by atoms with E-state index in [0.717, 1.165) is 28.5 Å². The number of anilines is 1. The number of carbonyl (C=O) groups excluding carboxylic acids is 1. The van der Waals surface area contributed by atoms with Crippen molar-refractivity contribution in [2.45, 2.75) is 45.2 Å². The van der Waals surface area contributed by atoms with Crippen LogP contribution in [-0.2, 0) is 17.8 Å². The van der Waals surface area contributed by atoms with E-state index in [2.05, 4.69) is 18.7 Å². The normalized spacial score (nSPS) is 14.9. The average molecular weight is 373 g/mol. The molecule has 0 radical (unpaired) electrons. The number of nitrogens with zero attached hydrogens (tertiary/aromatic N) is 4. The van der Waals surface area contributed by atoms with Gasteiger partial charge in [-0.15, -0.1) is 11.6 Å². The SMILES string of the molecule is CC(C)N(C)c1nc(-c2ccccc2)nc2c1CN(C(=O)[C@H](C)Cl)CC2. The molecule has 138 valence electrons. The highest BCUT2D eigenvalue weighted by Gasteiger charge is 2.29. The summed E-state index contributed by atoms with van der Waals surface area (Å²) in [6.45, 7) is 7.12. The Balaban J connectivity index is 2.06. The Labute approximate surface area is 160 Å². The summed E-state index contributed by atoms with van der Waals surface area (Å²) < 4.78 is 0. The predicted octanol–water partition coefficient (Wildman–Crippen LogP) is 3.50. The molecule has 2 aromatic rings. The number of hydrogen-bond donors (Lipinski definition) is 0. The van der Waals surface area contributed by atoms with Gasteiger partial charge in [-0.05, 0) is 20.8 Å². The monoisotopic (exact) mass is 372 g/mol. The van der Waals surface area contributed by atoms with Crippen LogP contribution in [0.15, 0.2) is 30.3 Å². The highest BCUT2D eigenvalue weighted by molar-refractivity contribution is 6.30. The summed E-state index contributed by atoms with van der Waals surface area (Å²) in [4.78, 5) is 26.0. The number of fused-ring (bicyclic) bond motifs is 1. The fourth-order valence-corrected chi connectivity index (χ4v) is 3.23. The van der Waals surface area contributed by atoms with Crippen LogP contribution in [0.1, 0.15) is 32.0 Å². The van der Waals surface area contributed by atoms with E-state index >= 15 is 0 Å². The third-order valence-corrected chi connectivity index (χ3v) is 5.02. The van der Waals surface area contributed by atoms with Gasteiger partial charge in [0.05, 0.1) is 12.2 Å². The molecule has 1 amide bonds. The first-order valence-electron chi connectivity index (χ1n) is 8.99. The number of carbonyl (C=O) groups is 1. The molecule has 0 bridgehead atoms. The Morgan fingerprint density at radius 1 is 1.19 bits per heavy atom. The molecule has 6 heteroatoms. The second-order valence-corrected chi connectivity index (χ2v) is 7.65. The molecule has 0 aliphatic carbocycles. The smallest absolute Gasteiger partial charge is 0.240 e. The molecule has 0 saturated heterocycles. The molecule has 0 N–H and O–H groups in total. The van der Waals surface area contributed by atoms with Crippen LogP contribution in [0.25, 0.3) is 11.4 Å². The molecule has 0 fully saturated rings. The van der Waals surface area contributed by atoms with E-state index in [0.29, 0.717) is 19.5 Å². The van der Waals surface area contributed by atoms with Gasteiger partial charge in [0.1, 0.15) is 11.2 Å². The summed E-state index contributed by atoms with van der Waals surface area (Å²) >= 11 is 6.01. The minimum atomic E-state index is -0.521. The van der Waals surface area contributed by atoms with E-state index in [4.69, 9.17) is 21.6 Å². The lowest BCUT2D eigenvalue weighted by Crippen LogP contribution is -2.41. The second-order valence-electron chi connectivity index (χ2n) is 6.99. The predicted molar refractivity (Wildman–Crippen MR) is 105 cm³/mol. The molecule has 5 nitrogen and oxygen atoms in total. The van der Waals surface area contributed by atoms with Crippen molar-refractivity contribution >= 4 is 23.3 Å². The maximum Gasteiger partial charge on any atom is 0.240 e. The Morgan fingerprint density at radius 3 is 2.50 bits per heavy atom. The number of alkyl halides is 1. The van der Waals surface area contributed by atoms with Gasteiger partial charge in [0, 0.05) is 37.2 Å². The summed E-state index contributed by atoms with van der Waals surface area (Å²) in [6, 6.07) is 10.3. The molecule has 0 unspecified atom stereocenters. The molecule has 2 heterocycles. The Kier molecular flexibility index (Phi) is 5.47. The summed E-state index contributed by atoms with van der Waals surface area (Å²) in [6.07, 6.45) is 0.714. The lowest BCUT2D eigenvalue weighted by Gasteiger charge is -2.33. The first kappa shape index (κ1) is 18.6. The topological polar surface area (TPSA) is 49.3 Å². The summed E-state index contributed by atoms with van der Waals surface area (Å²) in [5.74, 6) is 1.59. The highest BCUT2D eigenvalue weighted by atomic mass is 35.5. The molecule has 1 aliphatic heterocycles. The fraction of sp³-hybridized carbons (Fsp3) is 0.450. The minimum absolute atomic E-state index is 0.0393. The quantitative estimate of drug-likeness (QED) is 0.771. The van der Waals surface area contributed by atoms with E-state index < -0.39 is 5.38 Å². The van der Waals surface area contributed by atoms with Gasteiger partial charge in [0.15, 0.2) is 5.82 Å². The zero-order valence-corrected chi connectivity index (χ0v) is 16.5. The highest BCUT2D eigenvalue weighted by Crippen LogP contribution is 2.30. The molecular formula is C20H25ClN4O. The van der Waals surface area contributed by atoms with Crippen molar-refractivity contribution in [2.24, 2.45) is 0 Å². The van der Waals surface area contributed by atoms with Crippen LogP contribution in [0.2, 0.25) is 0 Å². The minimum Gasteiger partial charge on any atom is -0.357 e. The first-order valence-corrected chi connectivity index (χ1v) is 9.43. The molecular weight excluding hydrogens is 348 g/mol. The summed E-state index contributed by atoms with van der Waals surface area (Å²) in [5.41, 5.74) is 3.05. The number of benzene rings is 1. The maximum absolute atomic E-state index is 12.4. The standard InChI is InChI=1S/C20H25ClN4O/c1-13(2)24(4)19-16-12-25(20(26)14(3)21)11-10-17(16)22-18(23-19)15-8-6-5-7-9-15/h5-9,13-14H,10-12H2,1-4H3/t14-/m0/s1. The van der Waals surface area contributed by atoms with Crippen molar-refractivity contribution < 1.29 is 4.79 Å². The first-order chi connectivity index (χ1) is 12.4. The van der Waals surface area contributed by atoms with E-state index in [1.807, 2.05) is 42.3 Å². The van der Waals surface area contributed by atoms with Gasteiger partial charge >= 0.3 is 0 Å². The third kappa shape index (κ3) is 3.68. The molecule has 1 aromatic heterocycles. The number of rotatable bonds is 4. The number of amides is 1. The average Bonchev–Trinajstić information content (AvgIpc) is 2.66. The van der Waals surface area contributed by atoms with Crippen LogP contribution in [0.3, 0.4) is 0 Å². The second kappa shape index (κ2) is 7.62. The van der Waals surface area contributed by atoms with Gasteiger partial charge < -0.3 is 9.80 Å². The molecule has 1 aromatic carbocycles. The van der Waals surface area contributed by atoms with E-state index in [1.165, 1.54) is 0 Å². The van der Waals surface area contributed by atoms with Gasteiger partial charge in [-0.3, -0.25) is 4.79 Å². The largest absolute Gasteiger partial charge is 0.357 e. The van der Waals surface area contributed by atoms with Crippen LogP contribution in [0.4, 0.5) is 5.82 Å². The van der Waals surface area contributed by atoms with Gasteiger partial charge in [-0.25, -0.2) is 9.97 Å². The zero-order chi connectivity index (χ0) is 18.8. The van der Waals surface area contributed by atoms with Gasteiger partial charge in [0.2, 0.25) is 5.91 Å².